The van der Waals surface area contributed by atoms with Gasteiger partial charge < -0.3 is 9.47 Å². The molecule has 0 aliphatic heterocycles. The molecule has 4 heteroatoms. The van der Waals surface area contributed by atoms with E-state index >= 15 is 0 Å². The molecule has 18 heavy (non-hydrogen) atoms. The molecule has 0 spiro atoms. The van der Waals surface area contributed by atoms with Gasteiger partial charge in [-0.05, 0) is 25.3 Å². The van der Waals surface area contributed by atoms with Crippen molar-refractivity contribution < 1.29 is 9.47 Å². The van der Waals surface area contributed by atoms with Gasteiger partial charge in [0.1, 0.15) is 11.5 Å². The number of hydrogen-bond acceptors (Lipinski definition) is 4. The van der Waals surface area contributed by atoms with Crippen molar-refractivity contribution in [2.45, 2.75) is 13.8 Å². The average Bonchev–Trinajstić information content (AvgIpc) is 2.88. The predicted molar refractivity (Wildman–Crippen MR) is 81.0 cm³/mol. The molecule has 2 nitrogen and oxygen atoms in total. The normalized spacial score (nSPS) is 10.6. The van der Waals surface area contributed by atoms with Crippen LogP contribution >= 0.6 is 22.7 Å². The first-order valence-corrected chi connectivity index (χ1v) is 7.52. The van der Waals surface area contributed by atoms with Crippen molar-refractivity contribution in [1.82, 2.24) is 0 Å². The van der Waals surface area contributed by atoms with E-state index in [9.17, 15) is 0 Å². The Hall–Kier alpha value is -1.26. The fraction of sp³-hybridized carbons (Fsp3) is 0.286. The third-order valence-electron chi connectivity index (χ3n) is 2.49. The molecular formula is C14H16O2S2. The minimum Gasteiger partial charge on any atom is -0.494 e. The number of ether oxygens (including phenoxy) is 2. The topological polar surface area (TPSA) is 18.5 Å². The lowest BCUT2D eigenvalue weighted by atomic mass is 10.1. The van der Waals surface area contributed by atoms with Crippen LogP contribution in [0.3, 0.4) is 0 Å². The van der Waals surface area contributed by atoms with Gasteiger partial charge in [-0.15, -0.1) is 22.7 Å². The molecule has 0 radical (unpaired) electrons. The molecule has 2 rings (SSSR count). The zero-order valence-electron chi connectivity index (χ0n) is 10.6. The molecule has 2 heterocycles. The third kappa shape index (κ3) is 2.31. The van der Waals surface area contributed by atoms with E-state index in [-0.39, 0.29) is 0 Å². The highest BCUT2D eigenvalue weighted by Crippen LogP contribution is 2.42. The van der Waals surface area contributed by atoms with Gasteiger partial charge in [0.15, 0.2) is 0 Å². The van der Waals surface area contributed by atoms with E-state index in [2.05, 4.69) is 24.6 Å². The van der Waals surface area contributed by atoms with E-state index in [0.717, 1.165) is 10.4 Å². The monoisotopic (exact) mass is 280 g/mol. The Kier molecular flexibility index (Phi) is 4.09. The van der Waals surface area contributed by atoms with Crippen LogP contribution in [0.1, 0.15) is 24.3 Å². The van der Waals surface area contributed by atoms with Gasteiger partial charge in [0.05, 0.1) is 22.1 Å². The van der Waals surface area contributed by atoms with Crippen LogP contribution < -0.4 is 0 Å². The van der Waals surface area contributed by atoms with E-state index in [1.165, 1.54) is 9.40 Å². The molecule has 2 aromatic rings. The van der Waals surface area contributed by atoms with Gasteiger partial charge in [0.2, 0.25) is 0 Å². The van der Waals surface area contributed by atoms with Gasteiger partial charge >= 0.3 is 0 Å². The Morgan fingerprint density at radius 3 is 2.50 bits per heavy atom. The largest absolute Gasteiger partial charge is 0.494 e. The standard InChI is InChI=1S/C14H16O2S2/c1-5-15-9(3)12-11-7-8-17-14(11)18-13(12)10(4)16-6-2/h7-8H,3-6H2,1-2H3. The van der Waals surface area contributed by atoms with Gasteiger partial charge in [-0.25, -0.2) is 0 Å². The summed E-state index contributed by atoms with van der Waals surface area (Å²) in [6.45, 7) is 13.1. The Morgan fingerprint density at radius 2 is 1.83 bits per heavy atom. The first kappa shape index (κ1) is 13.2. The van der Waals surface area contributed by atoms with Crippen LogP contribution in [0.2, 0.25) is 0 Å². The molecule has 0 aromatic carbocycles. The van der Waals surface area contributed by atoms with E-state index in [4.69, 9.17) is 9.47 Å². The molecular weight excluding hydrogens is 264 g/mol. The average molecular weight is 280 g/mol. The van der Waals surface area contributed by atoms with Crippen molar-refractivity contribution in [2.75, 3.05) is 13.2 Å². The van der Waals surface area contributed by atoms with Crippen molar-refractivity contribution in [3.8, 4) is 0 Å². The number of thiophene rings is 2. The fourth-order valence-corrected chi connectivity index (χ4v) is 3.98. The first-order chi connectivity index (χ1) is 8.69. The Bertz CT molecular complexity index is 578. The maximum atomic E-state index is 5.55. The summed E-state index contributed by atoms with van der Waals surface area (Å²) in [4.78, 5) is 1.03. The molecule has 0 saturated heterocycles. The molecule has 0 saturated carbocycles. The Morgan fingerprint density at radius 1 is 1.17 bits per heavy atom. The Balaban J connectivity index is 2.51. The molecule has 0 aliphatic rings. The maximum absolute atomic E-state index is 5.55. The van der Waals surface area contributed by atoms with Crippen molar-refractivity contribution >= 4 is 43.6 Å². The van der Waals surface area contributed by atoms with Crippen LogP contribution in [-0.4, -0.2) is 13.2 Å². The highest BCUT2D eigenvalue weighted by Gasteiger charge is 2.19. The SMILES string of the molecule is C=C(OCC)c1sc2sccc2c1C(=C)OCC. The smallest absolute Gasteiger partial charge is 0.130 e. The highest BCUT2D eigenvalue weighted by atomic mass is 32.2. The summed E-state index contributed by atoms with van der Waals surface area (Å²) in [5, 5.41) is 3.26. The summed E-state index contributed by atoms with van der Waals surface area (Å²) in [6.07, 6.45) is 0. The molecule has 0 bridgehead atoms. The van der Waals surface area contributed by atoms with Crippen molar-refractivity contribution in [1.29, 1.82) is 0 Å². The summed E-state index contributed by atoms with van der Waals surface area (Å²) >= 11 is 3.40. The molecule has 0 N–H and O–H groups in total. The van der Waals surface area contributed by atoms with Gasteiger partial charge in [-0.3, -0.25) is 0 Å². The Labute approximate surface area is 115 Å². The lowest BCUT2D eigenvalue weighted by molar-refractivity contribution is 0.294. The molecule has 0 atom stereocenters. The summed E-state index contributed by atoms with van der Waals surface area (Å²) in [7, 11) is 0. The van der Waals surface area contributed by atoms with E-state index in [1.54, 1.807) is 22.7 Å². The van der Waals surface area contributed by atoms with E-state index in [1.807, 2.05) is 13.8 Å². The van der Waals surface area contributed by atoms with Crippen LogP contribution in [0.4, 0.5) is 0 Å². The number of fused-ring (bicyclic) bond motifs is 1. The minimum absolute atomic E-state index is 0.612. The van der Waals surface area contributed by atoms with E-state index in [0.29, 0.717) is 24.7 Å². The number of rotatable bonds is 6. The lowest BCUT2D eigenvalue weighted by Gasteiger charge is -2.10. The first-order valence-electron chi connectivity index (χ1n) is 5.83. The molecule has 0 fully saturated rings. The summed E-state index contributed by atoms with van der Waals surface area (Å²) < 4.78 is 12.3. The summed E-state index contributed by atoms with van der Waals surface area (Å²) in [5.74, 6) is 1.39. The fourth-order valence-electron chi connectivity index (χ4n) is 1.79. The molecule has 0 amide bonds. The molecule has 96 valence electrons. The zero-order chi connectivity index (χ0) is 13.1. The van der Waals surface area contributed by atoms with Crippen LogP contribution in [0, 0.1) is 0 Å². The summed E-state index contributed by atoms with van der Waals surface area (Å²) in [5.41, 5.74) is 1.02. The van der Waals surface area contributed by atoms with Gasteiger partial charge in [0.25, 0.3) is 0 Å². The third-order valence-corrected chi connectivity index (χ3v) is 4.78. The van der Waals surface area contributed by atoms with Crippen LogP contribution in [-0.2, 0) is 9.47 Å². The lowest BCUT2D eigenvalue weighted by Crippen LogP contribution is -1.94. The quantitative estimate of drug-likeness (QED) is 0.695. The second-order valence-corrected chi connectivity index (χ2v) is 5.84. The van der Waals surface area contributed by atoms with Crippen molar-refractivity contribution in [3.63, 3.8) is 0 Å². The number of hydrogen-bond donors (Lipinski definition) is 0. The molecule has 0 aliphatic carbocycles. The van der Waals surface area contributed by atoms with Crippen LogP contribution in [0.25, 0.3) is 20.9 Å². The van der Waals surface area contributed by atoms with Gasteiger partial charge in [-0.1, -0.05) is 13.2 Å². The van der Waals surface area contributed by atoms with Gasteiger partial charge in [-0.2, -0.15) is 0 Å². The molecule has 2 aromatic heterocycles. The second-order valence-electron chi connectivity index (χ2n) is 3.64. The zero-order valence-corrected chi connectivity index (χ0v) is 12.2. The van der Waals surface area contributed by atoms with Gasteiger partial charge in [0, 0.05) is 10.9 Å². The summed E-state index contributed by atoms with van der Waals surface area (Å²) in [6, 6.07) is 2.10. The second kappa shape index (κ2) is 5.59. The van der Waals surface area contributed by atoms with Crippen molar-refractivity contribution in [2.24, 2.45) is 0 Å². The predicted octanol–water partition coefficient (Wildman–Crippen LogP) is 4.98. The van der Waals surface area contributed by atoms with E-state index < -0.39 is 0 Å². The van der Waals surface area contributed by atoms with Crippen LogP contribution in [0.5, 0.6) is 0 Å². The van der Waals surface area contributed by atoms with Crippen molar-refractivity contribution in [3.05, 3.63) is 35.0 Å². The highest BCUT2D eigenvalue weighted by molar-refractivity contribution is 7.38. The molecule has 0 unspecified atom stereocenters. The maximum Gasteiger partial charge on any atom is 0.130 e. The minimum atomic E-state index is 0.612. The van der Waals surface area contributed by atoms with Crippen LogP contribution in [0.15, 0.2) is 24.6 Å².